The molecule has 1 unspecified atom stereocenters. The molecule has 0 amide bonds. The zero-order valence-electron chi connectivity index (χ0n) is 6.36. The van der Waals surface area contributed by atoms with Gasteiger partial charge in [-0.15, -0.1) is 0 Å². The summed E-state index contributed by atoms with van der Waals surface area (Å²) in [4.78, 5) is 0. The van der Waals surface area contributed by atoms with E-state index in [-0.39, 0.29) is 12.7 Å². The van der Waals surface area contributed by atoms with Crippen molar-refractivity contribution in [3.63, 3.8) is 0 Å². The Morgan fingerprint density at radius 2 is 2.45 bits per heavy atom. The highest BCUT2D eigenvalue weighted by Gasteiger charge is 2.25. The largest absolute Gasteiger partial charge is 0.394 e. The van der Waals surface area contributed by atoms with E-state index in [1.54, 1.807) is 0 Å². The maximum Gasteiger partial charge on any atom is 0.169 e. The van der Waals surface area contributed by atoms with Gasteiger partial charge < -0.3 is 14.6 Å². The highest BCUT2D eigenvalue weighted by atomic mass is 32.2. The lowest BCUT2D eigenvalue weighted by Crippen LogP contribution is -2.40. The van der Waals surface area contributed by atoms with E-state index in [1.807, 2.05) is 0 Å². The average molecular weight is 180 g/mol. The molecule has 4 nitrogen and oxygen atoms in total. The van der Waals surface area contributed by atoms with Gasteiger partial charge in [-0.25, -0.2) is 0 Å². The van der Waals surface area contributed by atoms with Crippen LogP contribution in [0, 0.1) is 0 Å². The van der Waals surface area contributed by atoms with Crippen molar-refractivity contribution in [2.24, 2.45) is 0 Å². The maximum absolute atomic E-state index is 11.0. The van der Waals surface area contributed by atoms with Gasteiger partial charge in [0.05, 0.1) is 24.2 Å². The summed E-state index contributed by atoms with van der Waals surface area (Å²) in [7, 11) is 0.592. The van der Waals surface area contributed by atoms with Crippen LogP contribution in [-0.4, -0.2) is 46.9 Å². The van der Waals surface area contributed by atoms with Crippen LogP contribution in [0.4, 0.5) is 0 Å². The van der Waals surface area contributed by atoms with Crippen LogP contribution in [0.5, 0.6) is 0 Å². The van der Waals surface area contributed by atoms with Gasteiger partial charge in [0.25, 0.3) is 0 Å². The van der Waals surface area contributed by atoms with Gasteiger partial charge >= 0.3 is 0 Å². The normalized spacial score (nSPS) is 38.9. The van der Waals surface area contributed by atoms with Gasteiger partial charge in [-0.2, -0.15) is 0 Å². The first-order valence-electron chi connectivity index (χ1n) is 3.40. The molecule has 0 spiro atoms. The lowest BCUT2D eigenvalue weighted by atomic mass is 10.4. The van der Waals surface area contributed by atoms with E-state index in [9.17, 15) is 4.21 Å². The second-order valence-corrected chi connectivity index (χ2v) is 3.93. The number of ether oxygens (including phenoxy) is 2. The van der Waals surface area contributed by atoms with Crippen LogP contribution in [0.1, 0.15) is 0 Å². The number of hydrogen-bond acceptors (Lipinski definition) is 4. The molecule has 11 heavy (non-hydrogen) atoms. The molecule has 0 saturated carbocycles. The fraction of sp³-hybridized carbons (Fsp3) is 1.00. The van der Waals surface area contributed by atoms with Gasteiger partial charge in [-0.05, 0) is 0 Å². The Labute approximate surface area is 68.0 Å². The zero-order valence-corrected chi connectivity index (χ0v) is 7.17. The third-order valence-corrected chi connectivity index (χ3v) is 2.89. The molecule has 5 heteroatoms. The van der Waals surface area contributed by atoms with Crippen LogP contribution in [-0.2, 0) is 20.3 Å². The van der Waals surface area contributed by atoms with Crippen molar-refractivity contribution in [3.05, 3.63) is 0 Å². The van der Waals surface area contributed by atoms with Gasteiger partial charge in [-0.3, -0.25) is 4.21 Å². The van der Waals surface area contributed by atoms with E-state index in [0.29, 0.717) is 11.5 Å². The van der Waals surface area contributed by atoms with Crippen molar-refractivity contribution in [1.82, 2.24) is 0 Å². The van der Waals surface area contributed by atoms with E-state index in [0.717, 1.165) is 0 Å². The molecule has 0 radical (unpaired) electrons. The van der Waals surface area contributed by atoms with E-state index >= 15 is 0 Å². The van der Waals surface area contributed by atoms with Crippen LogP contribution in [0.3, 0.4) is 0 Å². The quantitative estimate of drug-likeness (QED) is 0.598. The summed E-state index contributed by atoms with van der Waals surface area (Å²) >= 11 is 0. The van der Waals surface area contributed by atoms with Gasteiger partial charge in [0, 0.05) is 17.9 Å². The molecule has 0 aromatic heterocycles. The Bertz CT molecular complexity index is 136. The predicted octanol–water partition coefficient (Wildman–Crippen LogP) is -0.901. The summed E-state index contributed by atoms with van der Waals surface area (Å²) in [6.07, 6.45) is -0.740. The Morgan fingerprint density at radius 1 is 1.73 bits per heavy atom. The van der Waals surface area contributed by atoms with Gasteiger partial charge in [0.2, 0.25) is 0 Å². The Hall–Kier alpha value is 0.0300. The maximum atomic E-state index is 11.0. The van der Waals surface area contributed by atoms with Crippen LogP contribution < -0.4 is 0 Å². The van der Waals surface area contributed by atoms with Crippen molar-refractivity contribution >= 4 is 10.8 Å². The summed E-state index contributed by atoms with van der Waals surface area (Å²) in [6, 6.07) is 0. The molecule has 0 aromatic rings. The molecule has 1 N–H and O–H groups in total. The molecule has 1 heterocycles. The Balaban J connectivity index is 2.43. The molecule has 0 bridgehead atoms. The average Bonchev–Trinajstić information content (AvgIpc) is 2.03. The molecule has 1 aliphatic heterocycles. The van der Waals surface area contributed by atoms with E-state index < -0.39 is 17.1 Å². The van der Waals surface area contributed by atoms with Crippen molar-refractivity contribution in [2.75, 3.05) is 25.2 Å². The number of hydrogen-bond donors (Lipinski definition) is 1. The highest BCUT2D eigenvalue weighted by Crippen LogP contribution is 2.10. The Kier molecular flexibility index (Phi) is 3.45. The second kappa shape index (κ2) is 4.15. The van der Waals surface area contributed by atoms with E-state index in [4.69, 9.17) is 14.6 Å². The third kappa shape index (κ3) is 2.52. The molecule has 0 aromatic carbocycles. The van der Waals surface area contributed by atoms with Gasteiger partial charge in [-0.1, -0.05) is 0 Å². The standard InChI is InChI=1S/C6H12O4S/c1-9-6-4-11(8)3-5(2-7)10-6/h5-7H,2-4H2,1H3/t5-,6+,11?/m0/s1. The fourth-order valence-electron chi connectivity index (χ4n) is 0.940. The van der Waals surface area contributed by atoms with E-state index in [2.05, 4.69) is 0 Å². The molecule has 3 atom stereocenters. The minimum absolute atomic E-state index is 0.0917. The number of aliphatic hydroxyl groups excluding tert-OH is 1. The number of methoxy groups -OCH3 is 1. The summed E-state index contributed by atoms with van der Waals surface area (Å²) in [5.74, 6) is 0.823. The fourth-order valence-corrected chi connectivity index (χ4v) is 2.19. The van der Waals surface area contributed by atoms with Crippen molar-refractivity contribution < 1.29 is 18.8 Å². The van der Waals surface area contributed by atoms with Crippen molar-refractivity contribution in [1.29, 1.82) is 0 Å². The highest BCUT2D eigenvalue weighted by molar-refractivity contribution is 7.85. The van der Waals surface area contributed by atoms with Crippen LogP contribution >= 0.6 is 0 Å². The summed E-state index contributed by atoms with van der Waals surface area (Å²) in [6.45, 7) is -0.0917. The molecule has 1 fully saturated rings. The van der Waals surface area contributed by atoms with Gasteiger partial charge in [0.15, 0.2) is 6.29 Å². The number of aliphatic hydroxyl groups is 1. The first-order chi connectivity index (χ1) is 5.26. The van der Waals surface area contributed by atoms with Crippen molar-refractivity contribution in [3.8, 4) is 0 Å². The topological polar surface area (TPSA) is 55.8 Å². The first-order valence-corrected chi connectivity index (χ1v) is 4.89. The zero-order chi connectivity index (χ0) is 8.27. The predicted molar refractivity (Wildman–Crippen MR) is 40.6 cm³/mol. The molecule has 1 saturated heterocycles. The lowest BCUT2D eigenvalue weighted by Gasteiger charge is -2.26. The molecule has 1 rings (SSSR count). The molecular weight excluding hydrogens is 168 g/mol. The van der Waals surface area contributed by atoms with Gasteiger partial charge in [0.1, 0.15) is 0 Å². The monoisotopic (exact) mass is 180 g/mol. The van der Waals surface area contributed by atoms with Crippen LogP contribution in [0.15, 0.2) is 0 Å². The summed E-state index contributed by atoms with van der Waals surface area (Å²) in [5.41, 5.74) is 0. The molecule has 1 aliphatic rings. The smallest absolute Gasteiger partial charge is 0.169 e. The second-order valence-electron chi connectivity index (χ2n) is 2.38. The molecule has 66 valence electrons. The lowest BCUT2D eigenvalue weighted by molar-refractivity contribution is -0.149. The van der Waals surface area contributed by atoms with Crippen LogP contribution in [0.2, 0.25) is 0 Å². The first kappa shape index (κ1) is 9.12. The molecule has 0 aliphatic carbocycles. The minimum atomic E-state index is -0.910. The number of rotatable bonds is 2. The SMILES string of the molecule is CO[C@H]1CS(=O)C[C@H](CO)O1. The van der Waals surface area contributed by atoms with E-state index in [1.165, 1.54) is 7.11 Å². The summed E-state index contributed by atoms with van der Waals surface area (Å²) < 4.78 is 21.1. The van der Waals surface area contributed by atoms with Crippen LogP contribution in [0.25, 0.3) is 0 Å². The van der Waals surface area contributed by atoms with Crippen molar-refractivity contribution in [2.45, 2.75) is 12.4 Å². The Morgan fingerprint density at radius 3 is 3.00 bits per heavy atom. The third-order valence-electron chi connectivity index (χ3n) is 1.50. The minimum Gasteiger partial charge on any atom is -0.394 e. The summed E-state index contributed by atoms with van der Waals surface area (Å²) in [5, 5.41) is 8.71. The molecular formula is C6H12O4S.